The van der Waals surface area contributed by atoms with Crippen LogP contribution < -0.4 is 5.32 Å². The maximum Gasteiger partial charge on any atom is 0.337 e. The fourth-order valence-corrected chi connectivity index (χ4v) is 1.75. The molecule has 0 saturated heterocycles. The first kappa shape index (κ1) is 14.0. The van der Waals surface area contributed by atoms with E-state index >= 15 is 0 Å². The molecule has 5 nitrogen and oxygen atoms in total. The van der Waals surface area contributed by atoms with Crippen LogP contribution in [0.1, 0.15) is 20.7 Å². The van der Waals surface area contributed by atoms with Crippen LogP contribution in [0.4, 0.5) is 10.1 Å². The fraction of sp³-hybridized carbons (Fsp3) is 0. The molecule has 0 bridgehead atoms. The third-order valence-corrected chi connectivity index (χ3v) is 2.82. The molecule has 1 heterocycles. The molecule has 0 unspecified atom stereocenters. The summed E-state index contributed by atoms with van der Waals surface area (Å²) in [7, 11) is 0. The number of benzene rings is 1. The molecule has 20 heavy (non-hydrogen) atoms. The van der Waals surface area contributed by atoms with E-state index in [-0.39, 0.29) is 16.1 Å². The van der Waals surface area contributed by atoms with Crippen LogP contribution in [0.5, 0.6) is 0 Å². The van der Waals surface area contributed by atoms with Gasteiger partial charge in [-0.05, 0) is 18.2 Å². The molecule has 7 heteroatoms. The van der Waals surface area contributed by atoms with Crippen LogP contribution in [0.15, 0.2) is 36.7 Å². The molecule has 0 aliphatic rings. The Balaban J connectivity index is 2.38. The van der Waals surface area contributed by atoms with E-state index in [0.29, 0.717) is 0 Å². The first-order valence-electron chi connectivity index (χ1n) is 5.43. The zero-order valence-electron chi connectivity index (χ0n) is 9.93. The van der Waals surface area contributed by atoms with Gasteiger partial charge in [-0.25, -0.2) is 9.18 Å². The molecule has 0 saturated carbocycles. The Morgan fingerprint density at radius 1 is 1.25 bits per heavy atom. The van der Waals surface area contributed by atoms with E-state index in [1.165, 1.54) is 30.6 Å². The number of pyridine rings is 1. The van der Waals surface area contributed by atoms with Crippen molar-refractivity contribution in [2.24, 2.45) is 0 Å². The number of halogens is 2. The summed E-state index contributed by atoms with van der Waals surface area (Å²) >= 11 is 5.82. The highest BCUT2D eigenvalue weighted by atomic mass is 35.5. The first-order valence-corrected chi connectivity index (χ1v) is 5.81. The van der Waals surface area contributed by atoms with Gasteiger partial charge >= 0.3 is 5.97 Å². The number of aromatic carboxylic acids is 1. The van der Waals surface area contributed by atoms with Crippen LogP contribution in [0.3, 0.4) is 0 Å². The number of carbonyl (C=O) groups is 2. The molecule has 0 fully saturated rings. The van der Waals surface area contributed by atoms with Gasteiger partial charge < -0.3 is 10.4 Å². The molecule has 0 aliphatic heterocycles. The van der Waals surface area contributed by atoms with E-state index in [1.54, 1.807) is 0 Å². The van der Waals surface area contributed by atoms with Crippen molar-refractivity contribution in [3.63, 3.8) is 0 Å². The molecular weight excluding hydrogens is 287 g/mol. The van der Waals surface area contributed by atoms with Gasteiger partial charge in [-0.15, -0.1) is 0 Å². The molecule has 2 rings (SSSR count). The Labute approximate surface area is 118 Å². The average molecular weight is 295 g/mol. The zero-order chi connectivity index (χ0) is 14.7. The van der Waals surface area contributed by atoms with Crippen molar-refractivity contribution in [1.82, 2.24) is 4.98 Å². The lowest BCUT2D eigenvalue weighted by Gasteiger charge is -2.10. The quantitative estimate of drug-likeness (QED) is 0.912. The Hall–Kier alpha value is -2.47. The highest BCUT2D eigenvalue weighted by Crippen LogP contribution is 2.22. The smallest absolute Gasteiger partial charge is 0.337 e. The number of carboxylic acid groups (broad SMARTS) is 1. The van der Waals surface area contributed by atoms with E-state index in [1.807, 2.05) is 0 Å². The molecule has 0 aliphatic carbocycles. The first-order chi connectivity index (χ1) is 9.50. The Bertz CT molecular complexity index is 691. The maximum absolute atomic E-state index is 13.7. The summed E-state index contributed by atoms with van der Waals surface area (Å²) in [6, 6.07) is 4.88. The van der Waals surface area contributed by atoms with Crippen LogP contribution in [-0.2, 0) is 0 Å². The number of carbonyl (C=O) groups excluding carboxylic acids is 1. The SMILES string of the molecule is O=C(Nc1c(F)cccc1C(=O)O)c1cnccc1Cl. The van der Waals surface area contributed by atoms with Crippen molar-refractivity contribution in [2.75, 3.05) is 5.32 Å². The standard InChI is InChI=1S/C13H8ClFN2O3/c14-9-4-5-16-6-8(9)12(18)17-11-7(13(19)20)2-1-3-10(11)15/h1-6H,(H,17,18)(H,19,20). The van der Waals surface area contributed by atoms with E-state index in [9.17, 15) is 14.0 Å². The number of para-hydroxylation sites is 1. The van der Waals surface area contributed by atoms with Gasteiger partial charge in [-0.1, -0.05) is 17.7 Å². The third-order valence-electron chi connectivity index (χ3n) is 2.50. The van der Waals surface area contributed by atoms with Crippen molar-refractivity contribution < 1.29 is 19.1 Å². The minimum absolute atomic E-state index is 0.0220. The van der Waals surface area contributed by atoms with Crippen molar-refractivity contribution in [3.05, 3.63) is 58.6 Å². The van der Waals surface area contributed by atoms with Crippen LogP contribution in [0, 0.1) is 5.82 Å². The minimum atomic E-state index is -1.35. The van der Waals surface area contributed by atoms with Crippen molar-refractivity contribution in [3.8, 4) is 0 Å². The van der Waals surface area contributed by atoms with Crippen molar-refractivity contribution >= 4 is 29.2 Å². The minimum Gasteiger partial charge on any atom is -0.478 e. The summed E-state index contributed by atoms with van der Waals surface area (Å²) in [6.07, 6.45) is 2.60. The van der Waals surface area contributed by atoms with Gasteiger partial charge in [-0.3, -0.25) is 9.78 Å². The van der Waals surface area contributed by atoms with Crippen LogP contribution in [-0.4, -0.2) is 22.0 Å². The molecule has 0 radical (unpaired) electrons. The Morgan fingerprint density at radius 2 is 2.00 bits per heavy atom. The number of carboxylic acids is 1. The number of nitrogens with zero attached hydrogens (tertiary/aromatic N) is 1. The average Bonchev–Trinajstić information content (AvgIpc) is 2.41. The third kappa shape index (κ3) is 2.75. The van der Waals surface area contributed by atoms with Gasteiger partial charge in [0.2, 0.25) is 0 Å². The summed E-state index contributed by atoms with van der Waals surface area (Å²) in [5.74, 6) is -2.94. The monoisotopic (exact) mass is 294 g/mol. The molecule has 0 spiro atoms. The van der Waals surface area contributed by atoms with Gasteiger partial charge in [0.1, 0.15) is 5.82 Å². The molecule has 2 aromatic rings. The van der Waals surface area contributed by atoms with Crippen molar-refractivity contribution in [1.29, 1.82) is 0 Å². The van der Waals surface area contributed by atoms with Crippen LogP contribution in [0.2, 0.25) is 5.02 Å². The second-order valence-electron chi connectivity index (χ2n) is 3.78. The van der Waals surface area contributed by atoms with E-state index in [0.717, 1.165) is 6.07 Å². The number of hydrogen-bond donors (Lipinski definition) is 2. The molecule has 1 amide bonds. The van der Waals surface area contributed by atoms with Gasteiger partial charge in [-0.2, -0.15) is 0 Å². The number of hydrogen-bond acceptors (Lipinski definition) is 3. The summed E-state index contributed by atoms with van der Waals surface area (Å²) in [4.78, 5) is 26.7. The Kier molecular flexibility index (Phi) is 3.95. The molecule has 102 valence electrons. The summed E-state index contributed by atoms with van der Waals surface area (Å²) < 4.78 is 13.7. The van der Waals surface area contributed by atoms with Crippen molar-refractivity contribution in [2.45, 2.75) is 0 Å². The predicted octanol–water partition coefficient (Wildman–Crippen LogP) is 2.82. The Morgan fingerprint density at radius 3 is 2.65 bits per heavy atom. The van der Waals surface area contributed by atoms with Gasteiger partial charge in [0, 0.05) is 12.4 Å². The fourth-order valence-electron chi connectivity index (χ4n) is 1.55. The largest absolute Gasteiger partial charge is 0.478 e. The zero-order valence-corrected chi connectivity index (χ0v) is 10.7. The molecule has 0 atom stereocenters. The van der Waals surface area contributed by atoms with E-state index in [2.05, 4.69) is 10.3 Å². The number of anilines is 1. The predicted molar refractivity (Wildman–Crippen MR) is 70.6 cm³/mol. The lowest BCUT2D eigenvalue weighted by molar-refractivity contribution is 0.0697. The van der Waals surface area contributed by atoms with Gasteiger partial charge in [0.05, 0.1) is 21.8 Å². The number of amides is 1. The van der Waals surface area contributed by atoms with E-state index < -0.39 is 23.4 Å². The van der Waals surface area contributed by atoms with Crippen LogP contribution in [0.25, 0.3) is 0 Å². The summed E-state index contributed by atoms with van der Waals surface area (Å²) in [5, 5.41) is 11.3. The van der Waals surface area contributed by atoms with Gasteiger partial charge in [0.15, 0.2) is 0 Å². The van der Waals surface area contributed by atoms with Crippen LogP contribution >= 0.6 is 11.6 Å². The maximum atomic E-state index is 13.7. The lowest BCUT2D eigenvalue weighted by atomic mass is 10.1. The second kappa shape index (κ2) is 5.66. The number of rotatable bonds is 3. The highest BCUT2D eigenvalue weighted by Gasteiger charge is 2.18. The molecule has 1 aromatic carbocycles. The lowest BCUT2D eigenvalue weighted by Crippen LogP contribution is -2.16. The topological polar surface area (TPSA) is 79.3 Å². The summed E-state index contributed by atoms with van der Waals surface area (Å²) in [6.45, 7) is 0. The highest BCUT2D eigenvalue weighted by molar-refractivity contribution is 6.34. The normalized spacial score (nSPS) is 10.1. The number of aromatic nitrogens is 1. The van der Waals surface area contributed by atoms with E-state index in [4.69, 9.17) is 16.7 Å². The molecule has 2 N–H and O–H groups in total. The second-order valence-corrected chi connectivity index (χ2v) is 4.18. The van der Waals surface area contributed by atoms with Gasteiger partial charge in [0.25, 0.3) is 5.91 Å². The molecular formula is C13H8ClFN2O3. The summed E-state index contributed by atoms with van der Waals surface area (Å²) in [5.41, 5.74) is -0.739. The number of nitrogens with one attached hydrogen (secondary N) is 1. The molecule has 1 aromatic heterocycles.